The number of aromatic nitrogens is 1. The lowest BCUT2D eigenvalue weighted by Gasteiger charge is -2.20. The third-order valence-electron chi connectivity index (χ3n) is 5.63. The maximum atomic E-state index is 13.1. The van der Waals surface area contributed by atoms with Gasteiger partial charge in [-0.2, -0.15) is 5.10 Å². The second kappa shape index (κ2) is 7.25. The molecule has 1 saturated heterocycles. The summed E-state index contributed by atoms with van der Waals surface area (Å²) in [5.41, 5.74) is 3.20. The van der Waals surface area contributed by atoms with E-state index in [1.54, 1.807) is 13.1 Å². The zero-order chi connectivity index (χ0) is 21.4. The number of amides is 3. The normalized spacial score (nSPS) is 18.8. The molecule has 1 aliphatic rings. The predicted octanol–water partition coefficient (Wildman–Crippen LogP) is 4.64. The van der Waals surface area contributed by atoms with Crippen LogP contribution in [0.4, 0.5) is 4.79 Å². The van der Waals surface area contributed by atoms with Crippen molar-refractivity contribution in [2.75, 3.05) is 0 Å². The topological polar surface area (TPSA) is 77.6 Å². The van der Waals surface area contributed by atoms with Gasteiger partial charge in [0.25, 0.3) is 5.91 Å². The van der Waals surface area contributed by atoms with Gasteiger partial charge in [-0.15, -0.1) is 5.01 Å². The molecule has 0 unspecified atom stereocenters. The molecule has 152 valence electrons. The molecule has 2 N–H and O–H groups in total. The number of rotatable bonds is 4. The maximum Gasteiger partial charge on any atom is 0.346 e. The van der Waals surface area contributed by atoms with E-state index in [2.05, 4.69) is 15.4 Å². The first-order chi connectivity index (χ1) is 15.1. The number of nitrogens with zero attached hydrogens (tertiary/aromatic N) is 2. The Hall–Kier alpha value is -4.19. The second-order valence-electron chi connectivity index (χ2n) is 7.61. The van der Waals surface area contributed by atoms with E-state index in [0.717, 1.165) is 32.7 Å². The Morgan fingerprint density at radius 1 is 0.871 bits per heavy atom. The average molecular weight is 408 g/mol. The van der Waals surface area contributed by atoms with Gasteiger partial charge in [-0.05, 0) is 24.1 Å². The van der Waals surface area contributed by atoms with Crippen molar-refractivity contribution in [2.24, 2.45) is 5.10 Å². The SMILES string of the molecule is C[C@]1(c2ccccc2)NC(=O)N(/N=C/c2c(-c3ccccc3)[nH]c3ccccc23)C1=O. The van der Waals surface area contributed by atoms with Crippen molar-refractivity contribution in [3.05, 3.63) is 96.1 Å². The van der Waals surface area contributed by atoms with Gasteiger partial charge >= 0.3 is 6.03 Å². The molecule has 1 fully saturated rings. The number of carbonyl (C=O) groups excluding carboxylic acids is 2. The third kappa shape index (κ3) is 3.09. The zero-order valence-corrected chi connectivity index (χ0v) is 16.9. The van der Waals surface area contributed by atoms with E-state index < -0.39 is 17.5 Å². The fourth-order valence-electron chi connectivity index (χ4n) is 3.94. The Morgan fingerprint density at radius 2 is 1.52 bits per heavy atom. The van der Waals surface area contributed by atoms with Gasteiger partial charge in [0.15, 0.2) is 0 Å². The summed E-state index contributed by atoms with van der Waals surface area (Å²) in [6.07, 6.45) is 1.58. The first-order valence-corrected chi connectivity index (χ1v) is 10.0. The van der Waals surface area contributed by atoms with Crippen LogP contribution in [0, 0.1) is 0 Å². The van der Waals surface area contributed by atoms with Gasteiger partial charge in [-0.3, -0.25) is 4.79 Å². The number of benzene rings is 3. The monoisotopic (exact) mass is 408 g/mol. The summed E-state index contributed by atoms with van der Waals surface area (Å²) < 4.78 is 0. The summed E-state index contributed by atoms with van der Waals surface area (Å²) in [5.74, 6) is -0.416. The van der Waals surface area contributed by atoms with E-state index >= 15 is 0 Å². The first-order valence-electron chi connectivity index (χ1n) is 10.0. The number of hydrogen-bond donors (Lipinski definition) is 2. The molecule has 1 aromatic heterocycles. The van der Waals surface area contributed by atoms with E-state index in [1.807, 2.05) is 84.9 Å². The molecule has 0 aliphatic carbocycles. The highest BCUT2D eigenvalue weighted by molar-refractivity contribution is 6.10. The quantitative estimate of drug-likeness (QED) is 0.381. The number of H-pyrrole nitrogens is 1. The minimum atomic E-state index is -1.15. The molecule has 1 atom stereocenters. The van der Waals surface area contributed by atoms with Crippen molar-refractivity contribution in [1.82, 2.24) is 15.3 Å². The fourth-order valence-corrected chi connectivity index (χ4v) is 3.94. The Kier molecular flexibility index (Phi) is 4.40. The standard InChI is InChI=1S/C25H20N4O2/c1-25(18-12-6-3-7-13-18)23(30)29(24(31)28-25)26-16-20-19-14-8-9-15-21(19)27-22(20)17-10-4-2-5-11-17/h2-16,27H,1H3,(H,28,31)/b26-16+/t25-/m1/s1. The van der Waals surface area contributed by atoms with Crippen molar-refractivity contribution in [2.45, 2.75) is 12.5 Å². The second-order valence-corrected chi connectivity index (χ2v) is 7.61. The van der Waals surface area contributed by atoms with Gasteiger partial charge in [0.2, 0.25) is 0 Å². The molecular weight excluding hydrogens is 388 g/mol. The van der Waals surface area contributed by atoms with E-state index in [-0.39, 0.29) is 0 Å². The van der Waals surface area contributed by atoms with Gasteiger partial charge in [-0.1, -0.05) is 78.9 Å². The maximum absolute atomic E-state index is 13.1. The van der Waals surface area contributed by atoms with Crippen molar-refractivity contribution < 1.29 is 9.59 Å². The molecule has 6 nitrogen and oxygen atoms in total. The van der Waals surface area contributed by atoms with Gasteiger partial charge in [0.05, 0.1) is 11.9 Å². The van der Waals surface area contributed by atoms with Crippen LogP contribution in [-0.4, -0.2) is 28.1 Å². The average Bonchev–Trinajstić information content (AvgIpc) is 3.28. The number of nitrogens with one attached hydrogen (secondary N) is 2. The number of carbonyl (C=O) groups is 2. The van der Waals surface area contributed by atoms with Gasteiger partial charge < -0.3 is 10.3 Å². The molecule has 3 aromatic carbocycles. The third-order valence-corrected chi connectivity index (χ3v) is 5.63. The Balaban J connectivity index is 1.55. The molecule has 0 spiro atoms. The molecule has 0 bridgehead atoms. The minimum absolute atomic E-state index is 0.416. The molecule has 2 heterocycles. The van der Waals surface area contributed by atoms with Crippen LogP contribution in [0.3, 0.4) is 0 Å². The Labute approximate surface area is 179 Å². The lowest BCUT2D eigenvalue weighted by Crippen LogP contribution is -2.40. The molecule has 3 amide bonds. The summed E-state index contributed by atoms with van der Waals surface area (Å²) in [4.78, 5) is 29.2. The highest BCUT2D eigenvalue weighted by atomic mass is 16.2. The van der Waals surface area contributed by atoms with E-state index in [1.165, 1.54) is 0 Å². The number of para-hydroxylation sites is 1. The zero-order valence-electron chi connectivity index (χ0n) is 16.9. The lowest BCUT2D eigenvalue weighted by molar-refractivity contribution is -0.131. The van der Waals surface area contributed by atoms with Gasteiger partial charge in [0, 0.05) is 16.5 Å². The number of urea groups is 1. The van der Waals surface area contributed by atoms with Crippen LogP contribution in [0.5, 0.6) is 0 Å². The van der Waals surface area contributed by atoms with E-state index in [4.69, 9.17) is 0 Å². The van der Waals surface area contributed by atoms with Crippen LogP contribution < -0.4 is 5.32 Å². The summed E-state index contributed by atoms with van der Waals surface area (Å²) in [7, 11) is 0. The molecule has 1 aliphatic heterocycles. The predicted molar refractivity (Wildman–Crippen MR) is 121 cm³/mol. The van der Waals surface area contributed by atoms with E-state index in [9.17, 15) is 9.59 Å². The molecule has 31 heavy (non-hydrogen) atoms. The van der Waals surface area contributed by atoms with E-state index in [0.29, 0.717) is 5.56 Å². The first kappa shape index (κ1) is 18.8. The Bertz CT molecular complexity index is 1310. The fraction of sp³-hybridized carbons (Fsp3) is 0.0800. The van der Waals surface area contributed by atoms with Crippen LogP contribution in [0.2, 0.25) is 0 Å². The molecular formula is C25H20N4O2. The summed E-state index contributed by atoms with van der Waals surface area (Å²) >= 11 is 0. The number of aromatic amines is 1. The van der Waals surface area contributed by atoms with Gasteiger partial charge in [-0.25, -0.2) is 4.79 Å². The number of hydrogen-bond acceptors (Lipinski definition) is 3. The van der Waals surface area contributed by atoms with Crippen LogP contribution in [0.25, 0.3) is 22.2 Å². The molecule has 0 saturated carbocycles. The largest absolute Gasteiger partial charge is 0.354 e. The van der Waals surface area contributed by atoms with Crippen LogP contribution in [0.1, 0.15) is 18.1 Å². The lowest BCUT2D eigenvalue weighted by atomic mass is 9.92. The smallest absolute Gasteiger partial charge is 0.346 e. The summed E-state index contributed by atoms with van der Waals surface area (Å²) in [6, 6.07) is 26.4. The molecule has 0 radical (unpaired) electrons. The highest BCUT2D eigenvalue weighted by Gasteiger charge is 2.49. The Morgan fingerprint density at radius 3 is 2.26 bits per heavy atom. The van der Waals surface area contributed by atoms with Crippen molar-refractivity contribution in [3.63, 3.8) is 0 Å². The summed E-state index contributed by atoms with van der Waals surface area (Å²) in [6.45, 7) is 1.69. The number of imide groups is 1. The number of hydrazone groups is 1. The highest BCUT2D eigenvalue weighted by Crippen LogP contribution is 2.31. The van der Waals surface area contributed by atoms with Crippen LogP contribution in [-0.2, 0) is 10.3 Å². The molecule has 5 rings (SSSR count). The molecule has 4 aromatic rings. The molecule has 6 heteroatoms. The summed E-state index contributed by atoms with van der Waals surface area (Å²) in [5, 5.41) is 8.95. The van der Waals surface area contributed by atoms with Crippen molar-refractivity contribution in [3.8, 4) is 11.3 Å². The van der Waals surface area contributed by atoms with Crippen molar-refractivity contribution in [1.29, 1.82) is 0 Å². The van der Waals surface area contributed by atoms with Gasteiger partial charge in [0.1, 0.15) is 5.54 Å². The van der Waals surface area contributed by atoms with Crippen LogP contribution in [0.15, 0.2) is 90.0 Å². The number of fused-ring (bicyclic) bond motifs is 1. The van der Waals surface area contributed by atoms with Crippen molar-refractivity contribution >= 4 is 29.1 Å². The minimum Gasteiger partial charge on any atom is -0.354 e. The van der Waals surface area contributed by atoms with Crippen LogP contribution >= 0.6 is 0 Å².